The first kappa shape index (κ1) is 18.7. The van der Waals surface area contributed by atoms with Crippen molar-refractivity contribution in [3.8, 4) is 0 Å². The number of carbonyl (C=O) groups excluding carboxylic acids is 2. The van der Waals surface area contributed by atoms with Gasteiger partial charge in [0, 0.05) is 19.1 Å². The van der Waals surface area contributed by atoms with Crippen LogP contribution >= 0.6 is 0 Å². The Kier molecular flexibility index (Phi) is 5.46. The maximum Gasteiger partial charge on any atom is 0.287 e. The minimum absolute atomic E-state index is 0.130. The molecule has 2 aromatic rings. The first-order valence-corrected chi connectivity index (χ1v) is 10.4. The summed E-state index contributed by atoms with van der Waals surface area (Å²) in [5.41, 5.74) is 3.58. The third-order valence-electron chi connectivity index (χ3n) is 5.80. The molecular weight excluding hydrogens is 352 g/mol. The molecule has 1 saturated carbocycles. The van der Waals surface area contributed by atoms with Crippen LogP contribution in [0.4, 0.5) is 0 Å². The molecule has 148 valence electrons. The van der Waals surface area contributed by atoms with E-state index in [2.05, 4.69) is 15.6 Å². The highest BCUT2D eigenvalue weighted by Gasteiger charge is 2.28. The normalized spacial score (nSPS) is 16.6. The Bertz CT molecular complexity index is 863. The summed E-state index contributed by atoms with van der Waals surface area (Å²) >= 11 is 0. The van der Waals surface area contributed by atoms with Crippen molar-refractivity contribution in [2.45, 2.75) is 71.0 Å². The molecule has 2 aliphatic rings. The lowest BCUT2D eigenvalue weighted by Gasteiger charge is -2.17. The SMILES string of the molecule is Cc1ccc(CNC(=O)c2nc(C(=O)NC3CCCC3)c3n2CCCC3)cc1. The van der Waals surface area contributed by atoms with Gasteiger partial charge in [-0.2, -0.15) is 0 Å². The third-order valence-corrected chi connectivity index (χ3v) is 5.80. The molecule has 6 nitrogen and oxygen atoms in total. The highest BCUT2D eigenvalue weighted by atomic mass is 16.2. The Morgan fingerprint density at radius 3 is 2.57 bits per heavy atom. The van der Waals surface area contributed by atoms with Crippen molar-refractivity contribution in [1.29, 1.82) is 0 Å². The van der Waals surface area contributed by atoms with E-state index in [4.69, 9.17) is 0 Å². The molecule has 0 spiro atoms. The molecule has 1 fully saturated rings. The van der Waals surface area contributed by atoms with Gasteiger partial charge in [0.2, 0.25) is 0 Å². The highest BCUT2D eigenvalue weighted by Crippen LogP contribution is 2.23. The van der Waals surface area contributed by atoms with Crippen molar-refractivity contribution in [3.63, 3.8) is 0 Å². The fourth-order valence-corrected chi connectivity index (χ4v) is 4.19. The average Bonchev–Trinajstić information content (AvgIpc) is 3.35. The fourth-order valence-electron chi connectivity index (χ4n) is 4.19. The van der Waals surface area contributed by atoms with Gasteiger partial charge in [0.15, 0.2) is 5.82 Å². The second-order valence-electron chi connectivity index (χ2n) is 7.96. The number of hydrogen-bond donors (Lipinski definition) is 2. The maximum atomic E-state index is 12.8. The first-order chi connectivity index (χ1) is 13.6. The predicted octanol–water partition coefficient (Wildman–Crippen LogP) is 3.13. The van der Waals surface area contributed by atoms with Crippen LogP contribution in [0.25, 0.3) is 0 Å². The van der Waals surface area contributed by atoms with Gasteiger partial charge in [-0.25, -0.2) is 4.98 Å². The molecule has 4 rings (SSSR count). The standard InChI is InChI=1S/C22H28N4O2/c1-15-9-11-16(12-10-15)14-23-22(28)20-25-19(18-8-4-5-13-26(18)20)21(27)24-17-6-2-3-7-17/h9-12,17H,2-8,13-14H2,1H3,(H,23,28)(H,24,27). The molecule has 28 heavy (non-hydrogen) atoms. The number of aryl methyl sites for hydroxylation is 1. The number of rotatable bonds is 5. The second-order valence-corrected chi connectivity index (χ2v) is 7.96. The third kappa shape index (κ3) is 3.96. The molecule has 0 bridgehead atoms. The summed E-state index contributed by atoms with van der Waals surface area (Å²) in [4.78, 5) is 30.1. The molecule has 0 radical (unpaired) electrons. The zero-order valence-electron chi connectivity index (χ0n) is 16.5. The van der Waals surface area contributed by atoms with Gasteiger partial charge >= 0.3 is 0 Å². The van der Waals surface area contributed by atoms with Gasteiger partial charge in [0.25, 0.3) is 11.8 Å². The van der Waals surface area contributed by atoms with Crippen LogP contribution in [0.2, 0.25) is 0 Å². The molecule has 1 aromatic carbocycles. The van der Waals surface area contributed by atoms with E-state index in [1.54, 1.807) is 0 Å². The summed E-state index contributed by atoms with van der Waals surface area (Å²) in [7, 11) is 0. The summed E-state index contributed by atoms with van der Waals surface area (Å²) in [6.07, 6.45) is 7.23. The van der Waals surface area contributed by atoms with Gasteiger partial charge in [-0.05, 0) is 44.6 Å². The number of benzene rings is 1. The molecule has 0 atom stereocenters. The van der Waals surface area contributed by atoms with E-state index in [9.17, 15) is 9.59 Å². The van der Waals surface area contributed by atoms with Crippen molar-refractivity contribution >= 4 is 11.8 Å². The second kappa shape index (κ2) is 8.17. The number of fused-ring (bicyclic) bond motifs is 1. The highest BCUT2D eigenvalue weighted by molar-refractivity contribution is 5.97. The van der Waals surface area contributed by atoms with Crippen LogP contribution in [0.5, 0.6) is 0 Å². The van der Waals surface area contributed by atoms with E-state index < -0.39 is 0 Å². The average molecular weight is 380 g/mol. The number of nitrogens with zero attached hydrogens (tertiary/aromatic N) is 2. The van der Waals surface area contributed by atoms with Crippen molar-refractivity contribution in [1.82, 2.24) is 20.2 Å². The molecular formula is C22H28N4O2. The number of nitrogens with one attached hydrogen (secondary N) is 2. The Morgan fingerprint density at radius 2 is 1.82 bits per heavy atom. The fraction of sp³-hybridized carbons (Fsp3) is 0.500. The summed E-state index contributed by atoms with van der Waals surface area (Å²) in [5.74, 6) is 0.0113. The lowest BCUT2D eigenvalue weighted by atomic mass is 10.1. The Balaban J connectivity index is 1.51. The molecule has 0 unspecified atom stereocenters. The van der Waals surface area contributed by atoms with Crippen LogP contribution in [0.1, 0.15) is 76.5 Å². The van der Waals surface area contributed by atoms with E-state index >= 15 is 0 Å². The van der Waals surface area contributed by atoms with Crippen LogP contribution in [0.15, 0.2) is 24.3 Å². The smallest absolute Gasteiger partial charge is 0.287 e. The molecule has 1 aliphatic heterocycles. The predicted molar refractivity (Wildman–Crippen MR) is 107 cm³/mol. The minimum Gasteiger partial charge on any atom is -0.348 e. The van der Waals surface area contributed by atoms with Crippen molar-refractivity contribution in [2.24, 2.45) is 0 Å². The monoisotopic (exact) mass is 380 g/mol. The van der Waals surface area contributed by atoms with Crippen molar-refractivity contribution in [2.75, 3.05) is 0 Å². The maximum absolute atomic E-state index is 12.8. The van der Waals surface area contributed by atoms with Gasteiger partial charge in [-0.1, -0.05) is 42.7 Å². The summed E-state index contributed by atoms with van der Waals surface area (Å²) in [6.45, 7) is 3.23. The zero-order valence-corrected chi connectivity index (χ0v) is 16.5. The molecule has 0 saturated heterocycles. The quantitative estimate of drug-likeness (QED) is 0.837. The lowest BCUT2D eigenvalue weighted by Crippen LogP contribution is -2.33. The summed E-state index contributed by atoms with van der Waals surface area (Å²) < 4.78 is 1.94. The first-order valence-electron chi connectivity index (χ1n) is 10.4. The largest absolute Gasteiger partial charge is 0.348 e. The number of carbonyl (C=O) groups is 2. The van der Waals surface area contributed by atoms with Gasteiger partial charge < -0.3 is 15.2 Å². The number of aromatic nitrogens is 2. The molecule has 6 heteroatoms. The van der Waals surface area contributed by atoms with E-state index in [0.717, 1.165) is 49.9 Å². The van der Waals surface area contributed by atoms with Gasteiger partial charge in [0.1, 0.15) is 5.69 Å². The van der Waals surface area contributed by atoms with Crippen LogP contribution in [-0.4, -0.2) is 27.4 Å². The molecule has 2 heterocycles. The molecule has 2 N–H and O–H groups in total. The van der Waals surface area contributed by atoms with Crippen molar-refractivity contribution < 1.29 is 9.59 Å². The Morgan fingerprint density at radius 1 is 1.07 bits per heavy atom. The van der Waals surface area contributed by atoms with E-state index in [1.807, 2.05) is 35.8 Å². The Hall–Kier alpha value is -2.63. The molecule has 1 aliphatic carbocycles. The van der Waals surface area contributed by atoms with Crippen LogP contribution in [-0.2, 0) is 19.5 Å². The molecule has 2 amide bonds. The minimum atomic E-state index is -0.219. The zero-order chi connectivity index (χ0) is 19.5. The summed E-state index contributed by atoms with van der Waals surface area (Å²) in [5, 5.41) is 6.07. The molecule has 1 aromatic heterocycles. The number of amides is 2. The Labute approximate surface area is 165 Å². The van der Waals surface area contributed by atoms with Gasteiger partial charge in [-0.15, -0.1) is 0 Å². The van der Waals surface area contributed by atoms with Crippen LogP contribution < -0.4 is 10.6 Å². The van der Waals surface area contributed by atoms with E-state index in [0.29, 0.717) is 18.1 Å². The number of imidazole rings is 1. The van der Waals surface area contributed by atoms with Crippen LogP contribution in [0, 0.1) is 6.92 Å². The van der Waals surface area contributed by atoms with E-state index in [-0.39, 0.29) is 17.9 Å². The van der Waals surface area contributed by atoms with E-state index in [1.165, 1.54) is 18.4 Å². The van der Waals surface area contributed by atoms with Crippen LogP contribution in [0.3, 0.4) is 0 Å². The van der Waals surface area contributed by atoms with Gasteiger partial charge in [0.05, 0.1) is 5.69 Å². The topological polar surface area (TPSA) is 76.0 Å². The lowest BCUT2D eigenvalue weighted by molar-refractivity contribution is 0.0931. The van der Waals surface area contributed by atoms with Gasteiger partial charge in [-0.3, -0.25) is 9.59 Å². The summed E-state index contributed by atoms with van der Waals surface area (Å²) in [6, 6.07) is 8.33. The van der Waals surface area contributed by atoms with Crippen molar-refractivity contribution in [3.05, 3.63) is 52.6 Å². The number of hydrogen-bond acceptors (Lipinski definition) is 3.